The van der Waals surface area contributed by atoms with Gasteiger partial charge in [0.25, 0.3) is 5.91 Å². The number of aryl methyl sites for hydroxylation is 1. The van der Waals surface area contributed by atoms with E-state index in [1.807, 2.05) is 17.0 Å². The van der Waals surface area contributed by atoms with Gasteiger partial charge in [-0.1, -0.05) is 13.8 Å². The lowest BCUT2D eigenvalue weighted by Gasteiger charge is -2.11. The van der Waals surface area contributed by atoms with Gasteiger partial charge < -0.3 is 15.6 Å². The lowest BCUT2D eigenvalue weighted by Crippen LogP contribution is -2.30. The maximum Gasteiger partial charge on any atom is 0.268 e. The average molecular weight is 255 g/mol. The van der Waals surface area contributed by atoms with Crippen LogP contribution >= 0.6 is 11.8 Å². The van der Waals surface area contributed by atoms with Crippen molar-refractivity contribution in [1.29, 1.82) is 0 Å². The molecule has 1 unspecified atom stereocenters. The summed E-state index contributed by atoms with van der Waals surface area (Å²) in [6, 6.07) is 1.73. The van der Waals surface area contributed by atoms with Crippen LogP contribution in [0.2, 0.25) is 0 Å². The summed E-state index contributed by atoms with van der Waals surface area (Å²) in [5.41, 5.74) is 7.02. The van der Waals surface area contributed by atoms with Crippen LogP contribution in [0.5, 0.6) is 0 Å². The Bertz CT molecular complexity index is 376. The quantitative estimate of drug-likeness (QED) is 0.817. The molecule has 0 aliphatic rings. The highest BCUT2D eigenvalue weighted by molar-refractivity contribution is 7.99. The van der Waals surface area contributed by atoms with Crippen LogP contribution in [0.3, 0.4) is 0 Å². The largest absolute Gasteiger partial charge is 0.397 e. The second kappa shape index (κ2) is 6.59. The van der Waals surface area contributed by atoms with Crippen LogP contribution in [0.15, 0.2) is 12.3 Å². The normalized spacial score (nSPS) is 12.4. The Morgan fingerprint density at radius 3 is 2.94 bits per heavy atom. The minimum absolute atomic E-state index is 0.0453. The van der Waals surface area contributed by atoms with Crippen LogP contribution in [0.4, 0.5) is 5.69 Å². The Balaban J connectivity index is 2.67. The summed E-state index contributed by atoms with van der Waals surface area (Å²) in [6.45, 7) is 5.66. The van der Waals surface area contributed by atoms with Crippen LogP contribution in [-0.4, -0.2) is 28.5 Å². The third kappa shape index (κ3) is 4.00. The van der Waals surface area contributed by atoms with Gasteiger partial charge in [0.15, 0.2) is 0 Å². The summed E-state index contributed by atoms with van der Waals surface area (Å²) < 4.78 is 1.91. The number of nitrogen functional groups attached to an aromatic ring is 1. The SMILES string of the molecule is CCCn1cc(N)cc1C(=O)NCC(C)SC. The number of carbonyl (C=O) groups excluding carboxylic acids is 1. The van der Waals surface area contributed by atoms with Gasteiger partial charge >= 0.3 is 0 Å². The number of nitrogens with two attached hydrogens (primary N) is 1. The van der Waals surface area contributed by atoms with E-state index in [1.54, 1.807) is 17.8 Å². The third-order valence-electron chi connectivity index (χ3n) is 2.57. The van der Waals surface area contributed by atoms with Gasteiger partial charge in [-0.3, -0.25) is 4.79 Å². The number of nitrogens with one attached hydrogen (secondary N) is 1. The van der Waals surface area contributed by atoms with Crippen molar-refractivity contribution >= 4 is 23.4 Å². The number of amides is 1. The summed E-state index contributed by atoms with van der Waals surface area (Å²) in [5.74, 6) is -0.0453. The lowest BCUT2D eigenvalue weighted by atomic mass is 10.3. The van der Waals surface area contributed by atoms with Crippen molar-refractivity contribution in [3.63, 3.8) is 0 Å². The second-order valence-corrected chi connectivity index (χ2v) is 5.38. The molecular weight excluding hydrogens is 234 g/mol. The Morgan fingerprint density at radius 2 is 2.35 bits per heavy atom. The summed E-state index contributed by atoms with van der Waals surface area (Å²) in [4.78, 5) is 12.0. The second-order valence-electron chi connectivity index (χ2n) is 4.11. The highest BCUT2D eigenvalue weighted by Crippen LogP contribution is 2.11. The van der Waals surface area contributed by atoms with Crippen LogP contribution < -0.4 is 11.1 Å². The zero-order chi connectivity index (χ0) is 12.8. The van der Waals surface area contributed by atoms with Crippen LogP contribution in [-0.2, 0) is 6.54 Å². The molecule has 96 valence electrons. The maximum atomic E-state index is 12.0. The Kier molecular flexibility index (Phi) is 5.41. The van der Waals surface area contributed by atoms with E-state index < -0.39 is 0 Å². The first-order chi connectivity index (χ1) is 8.08. The molecule has 1 aromatic rings. The van der Waals surface area contributed by atoms with Crippen molar-refractivity contribution in [3.05, 3.63) is 18.0 Å². The smallest absolute Gasteiger partial charge is 0.268 e. The van der Waals surface area contributed by atoms with Gasteiger partial charge in [0, 0.05) is 24.5 Å². The number of anilines is 1. The molecule has 1 heterocycles. The zero-order valence-electron chi connectivity index (χ0n) is 10.7. The van der Waals surface area contributed by atoms with Gasteiger partial charge in [-0.2, -0.15) is 11.8 Å². The molecule has 3 N–H and O–H groups in total. The predicted molar refractivity (Wildman–Crippen MR) is 74.4 cm³/mol. The standard InChI is InChI=1S/C12H21N3OS/c1-4-5-15-8-10(13)6-11(15)12(16)14-7-9(2)17-3/h6,8-9H,4-5,7,13H2,1-3H3,(H,14,16). The zero-order valence-corrected chi connectivity index (χ0v) is 11.5. The van der Waals surface area contributed by atoms with Crippen molar-refractivity contribution in [2.75, 3.05) is 18.5 Å². The van der Waals surface area contributed by atoms with Gasteiger partial charge in [0.1, 0.15) is 5.69 Å². The number of nitrogens with zero attached hydrogens (tertiary/aromatic N) is 1. The number of hydrogen-bond acceptors (Lipinski definition) is 3. The van der Waals surface area contributed by atoms with Crippen LogP contribution in [0.1, 0.15) is 30.8 Å². The average Bonchev–Trinajstić information content (AvgIpc) is 2.67. The Labute approximate surface area is 107 Å². The van der Waals surface area contributed by atoms with E-state index in [2.05, 4.69) is 19.2 Å². The maximum absolute atomic E-state index is 12.0. The monoisotopic (exact) mass is 255 g/mol. The van der Waals surface area contributed by atoms with Crippen molar-refractivity contribution in [3.8, 4) is 0 Å². The molecule has 0 saturated carbocycles. The summed E-state index contributed by atoms with van der Waals surface area (Å²) >= 11 is 1.74. The van der Waals surface area contributed by atoms with E-state index in [9.17, 15) is 4.79 Å². The molecule has 4 nitrogen and oxygen atoms in total. The van der Waals surface area contributed by atoms with Crippen LogP contribution in [0.25, 0.3) is 0 Å². The first-order valence-corrected chi connectivity index (χ1v) is 7.13. The first-order valence-electron chi connectivity index (χ1n) is 5.85. The van der Waals surface area contributed by atoms with Gasteiger partial charge in [-0.15, -0.1) is 0 Å². The number of carbonyl (C=O) groups is 1. The topological polar surface area (TPSA) is 60.0 Å². The van der Waals surface area contributed by atoms with Crippen LogP contribution in [0, 0.1) is 0 Å². The van der Waals surface area contributed by atoms with Gasteiger partial charge in [-0.25, -0.2) is 0 Å². The molecule has 0 spiro atoms. The molecule has 0 aliphatic heterocycles. The molecule has 1 atom stereocenters. The predicted octanol–water partition coefficient (Wildman–Crippen LogP) is 1.96. The highest BCUT2D eigenvalue weighted by atomic mass is 32.2. The van der Waals surface area contributed by atoms with E-state index in [0.29, 0.717) is 23.2 Å². The van der Waals surface area contributed by atoms with Crippen molar-refractivity contribution < 1.29 is 4.79 Å². The van der Waals surface area contributed by atoms with Crippen molar-refractivity contribution in [2.24, 2.45) is 0 Å². The van der Waals surface area contributed by atoms with E-state index in [4.69, 9.17) is 5.73 Å². The number of thioether (sulfide) groups is 1. The van der Waals surface area contributed by atoms with E-state index >= 15 is 0 Å². The fourth-order valence-electron chi connectivity index (χ4n) is 1.56. The molecule has 0 bridgehead atoms. The van der Waals surface area contributed by atoms with E-state index in [0.717, 1.165) is 13.0 Å². The lowest BCUT2D eigenvalue weighted by molar-refractivity contribution is 0.0945. The molecular formula is C12H21N3OS. The third-order valence-corrected chi connectivity index (χ3v) is 3.54. The fraction of sp³-hybridized carbons (Fsp3) is 0.583. The molecule has 0 fully saturated rings. The molecule has 1 rings (SSSR count). The fourth-order valence-corrected chi connectivity index (χ4v) is 1.81. The number of hydrogen-bond donors (Lipinski definition) is 2. The molecule has 0 aliphatic carbocycles. The van der Waals surface area contributed by atoms with E-state index in [1.165, 1.54) is 0 Å². The Hall–Kier alpha value is -1.10. The molecule has 0 radical (unpaired) electrons. The molecule has 1 aromatic heterocycles. The van der Waals surface area contributed by atoms with Crippen molar-refractivity contribution in [1.82, 2.24) is 9.88 Å². The van der Waals surface area contributed by atoms with Gasteiger partial charge in [0.05, 0.1) is 5.69 Å². The molecule has 0 saturated heterocycles. The first kappa shape index (κ1) is 14.0. The minimum atomic E-state index is -0.0453. The molecule has 17 heavy (non-hydrogen) atoms. The Morgan fingerprint density at radius 1 is 1.65 bits per heavy atom. The summed E-state index contributed by atoms with van der Waals surface area (Å²) in [5, 5.41) is 3.35. The molecule has 1 amide bonds. The van der Waals surface area contributed by atoms with Crippen molar-refractivity contribution in [2.45, 2.75) is 32.1 Å². The van der Waals surface area contributed by atoms with E-state index in [-0.39, 0.29) is 5.91 Å². The number of rotatable bonds is 6. The number of aromatic nitrogens is 1. The minimum Gasteiger partial charge on any atom is -0.397 e. The molecule has 0 aromatic carbocycles. The molecule has 5 heteroatoms. The summed E-state index contributed by atoms with van der Waals surface area (Å²) in [6.07, 6.45) is 4.83. The van der Waals surface area contributed by atoms with Gasteiger partial charge in [0.2, 0.25) is 0 Å². The summed E-state index contributed by atoms with van der Waals surface area (Å²) in [7, 11) is 0. The van der Waals surface area contributed by atoms with Gasteiger partial charge in [-0.05, 0) is 18.7 Å². The highest BCUT2D eigenvalue weighted by Gasteiger charge is 2.12.